The Balaban J connectivity index is 2.00. The lowest BCUT2D eigenvalue weighted by Crippen LogP contribution is -2.30. The molecule has 0 fully saturated rings. The van der Waals surface area contributed by atoms with E-state index in [-0.39, 0.29) is 11.8 Å². The maximum absolute atomic E-state index is 9.97. The van der Waals surface area contributed by atoms with Gasteiger partial charge in [-0.25, -0.2) is 0 Å². The van der Waals surface area contributed by atoms with E-state index in [1.54, 1.807) is 7.11 Å². The minimum Gasteiger partial charge on any atom is -0.504 e. The second-order valence-corrected chi connectivity index (χ2v) is 5.85. The first-order valence-corrected chi connectivity index (χ1v) is 7.50. The van der Waals surface area contributed by atoms with Crippen molar-refractivity contribution < 1.29 is 9.84 Å². The van der Waals surface area contributed by atoms with E-state index in [0.717, 1.165) is 13.0 Å². The van der Waals surface area contributed by atoms with Crippen molar-refractivity contribution in [1.29, 1.82) is 0 Å². The molecule has 1 unspecified atom stereocenters. The zero-order valence-electron chi connectivity index (χ0n) is 13.3. The summed E-state index contributed by atoms with van der Waals surface area (Å²) in [6, 6.07) is 12.5. The van der Waals surface area contributed by atoms with E-state index in [1.165, 1.54) is 22.4 Å². The first kappa shape index (κ1) is 14.7. The van der Waals surface area contributed by atoms with Gasteiger partial charge in [0, 0.05) is 26.3 Å². The highest BCUT2D eigenvalue weighted by molar-refractivity contribution is 5.52. The number of hydrogen-bond acceptors (Lipinski definition) is 4. The SMILES string of the molecule is COc1cc2c(cc1O)CCNC2c1ccc(N(C)C)cc1. The Labute approximate surface area is 131 Å². The van der Waals surface area contributed by atoms with Crippen LogP contribution in [0.3, 0.4) is 0 Å². The Morgan fingerprint density at radius 1 is 1.18 bits per heavy atom. The van der Waals surface area contributed by atoms with Crippen molar-refractivity contribution in [3.63, 3.8) is 0 Å². The number of nitrogens with zero attached hydrogens (tertiary/aromatic N) is 1. The van der Waals surface area contributed by atoms with Crippen LogP contribution in [-0.4, -0.2) is 32.9 Å². The van der Waals surface area contributed by atoms with Crippen LogP contribution < -0.4 is 15.0 Å². The number of nitrogens with one attached hydrogen (secondary N) is 1. The first-order chi connectivity index (χ1) is 10.6. The Morgan fingerprint density at radius 2 is 1.91 bits per heavy atom. The van der Waals surface area contributed by atoms with Crippen molar-refractivity contribution in [2.45, 2.75) is 12.5 Å². The molecule has 0 saturated carbocycles. The van der Waals surface area contributed by atoms with Crippen LogP contribution in [-0.2, 0) is 6.42 Å². The number of ether oxygens (including phenoxy) is 1. The fourth-order valence-electron chi connectivity index (χ4n) is 3.00. The second kappa shape index (κ2) is 5.89. The molecule has 3 rings (SSSR count). The van der Waals surface area contributed by atoms with Gasteiger partial charge in [0.15, 0.2) is 11.5 Å². The van der Waals surface area contributed by atoms with Crippen LogP contribution in [0.4, 0.5) is 5.69 Å². The molecule has 2 aromatic rings. The molecule has 116 valence electrons. The van der Waals surface area contributed by atoms with Gasteiger partial charge in [-0.2, -0.15) is 0 Å². The molecule has 1 aliphatic heterocycles. The standard InChI is InChI=1S/C18H22N2O2/c1-20(2)14-6-4-12(5-7-14)18-15-11-17(22-3)16(21)10-13(15)8-9-19-18/h4-7,10-11,18-19,21H,8-9H2,1-3H3. The summed E-state index contributed by atoms with van der Waals surface area (Å²) in [5.74, 6) is 0.738. The molecule has 0 bridgehead atoms. The fourth-order valence-corrected chi connectivity index (χ4v) is 3.00. The van der Waals surface area contributed by atoms with E-state index >= 15 is 0 Å². The normalized spacial score (nSPS) is 17.0. The van der Waals surface area contributed by atoms with Crippen LogP contribution in [0, 0.1) is 0 Å². The number of fused-ring (bicyclic) bond motifs is 1. The summed E-state index contributed by atoms with van der Waals surface area (Å²) in [5, 5.41) is 13.5. The van der Waals surface area contributed by atoms with Crippen LogP contribution in [0.2, 0.25) is 0 Å². The smallest absolute Gasteiger partial charge is 0.160 e. The highest BCUT2D eigenvalue weighted by Crippen LogP contribution is 2.37. The zero-order chi connectivity index (χ0) is 15.7. The summed E-state index contributed by atoms with van der Waals surface area (Å²) in [7, 11) is 5.66. The maximum Gasteiger partial charge on any atom is 0.160 e. The van der Waals surface area contributed by atoms with Crippen LogP contribution in [0.5, 0.6) is 11.5 Å². The van der Waals surface area contributed by atoms with Gasteiger partial charge < -0.3 is 20.1 Å². The molecule has 0 radical (unpaired) electrons. The summed E-state index contributed by atoms with van der Waals surface area (Å²) in [5.41, 5.74) is 4.76. The monoisotopic (exact) mass is 298 g/mol. The molecule has 22 heavy (non-hydrogen) atoms. The molecule has 0 spiro atoms. The van der Waals surface area contributed by atoms with Gasteiger partial charge in [-0.05, 0) is 47.4 Å². The molecular formula is C18H22N2O2. The predicted molar refractivity (Wildman–Crippen MR) is 89.0 cm³/mol. The lowest BCUT2D eigenvalue weighted by molar-refractivity contribution is 0.371. The number of hydrogen-bond donors (Lipinski definition) is 2. The Kier molecular flexibility index (Phi) is 3.94. The number of phenolic OH excluding ortho intramolecular Hbond substituents is 1. The summed E-state index contributed by atoms with van der Waals surface area (Å²) in [6.45, 7) is 0.902. The van der Waals surface area contributed by atoms with E-state index < -0.39 is 0 Å². The molecule has 0 saturated heterocycles. The van der Waals surface area contributed by atoms with Gasteiger partial charge in [-0.1, -0.05) is 12.1 Å². The largest absolute Gasteiger partial charge is 0.504 e. The molecule has 1 aliphatic rings. The average molecular weight is 298 g/mol. The van der Waals surface area contributed by atoms with Crippen molar-refractivity contribution in [3.8, 4) is 11.5 Å². The highest BCUT2D eigenvalue weighted by Gasteiger charge is 2.23. The third kappa shape index (κ3) is 2.62. The Hall–Kier alpha value is -2.20. The van der Waals surface area contributed by atoms with Gasteiger partial charge in [0.25, 0.3) is 0 Å². The van der Waals surface area contributed by atoms with Crippen molar-refractivity contribution in [3.05, 3.63) is 53.1 Å². The number of benzene rings is 2. The van der Waals surface area contributed by atoms with E-state index in [9.17, 15) is 5.11 Å². The zero-order valence-corrected chi connectivity index (χ0v) is 13.3. The van der Waals surface area contributed by atoms with Gasteiger partial charge >= 0.3 is 0 Å². The van der Waals surface area contributed by atoms with E-state index in [1.807, 2.05) is 26.2 Å². The van der Waals surface area contributed by atoms with Gasteiger partial charge in [-0.15, -0.1) is 0 Å². The van der Waals surface area contributed by atoms with Crippen LogP contribution >= 0.6 is 0 Å². The van der Waals surface area contributed by atoms with Gasteiger partial charge in [0.05, 0.1) is 13.2 Å². The molecule has 2 aromatic carbocycles. The summed E-state index contributed by atoms with van der Waals surface area (Å²) >= 11 is 0. The van der Waals surface area contributed by atoms with Crippen molar-refractivity contribution in [2.24, 2.45) is 0 Å². The fraction of sp³-hybridized carbons (Fsp3) is 0.333. The lowest BCUT2D eigenvalue weighted by atomic mass is 9.89. The highest BCUT2D eigenvalue weighted by atomic mass is 16.5. The second-order valence-electron chi connectivity index (χ2n) is 5.85. The minimum absolute atomic E-state index is 0.134. The third-order valence-electron chi connectivity index (χ3n) is 4.24. The number of phenols is 1. The maximum atomic E-state index is 9.97. The summed E-state index contributed by atoms with van der Waals surface area (Å²) < 4.78 is 5.26. The molecule has 2 N–H and O–H groups in total. The molecule has 1 heterocycles. The van der Waals surface area contributed by atoms with Gasteiger partial charge in [-0.3, -0.25) is 0 Å². The quantitative estimate of drug-likeness (QED) is 0.914. The molecular weight excluding hydrogens is 276 g/mol. The van der Waals surface area contributed by atoms with E-state index in [0.29, 0.717) is 5.75 Å². The van der Waals surface area contributed by atoms with Crippen molar-refractivity contribution in [2.75, 3.05) is 32.6 Å². The average Bonchev–Trinajstić information content (AvgIpc) is 2.53. The molecule has 1 atom stereocenters. The minimum atomic E-state index is 0.134. The van der Waals surface area contributed by atoms with Crippen LogP contribution in [0.15, 0.2) is 36.4 Å². The lowest BCUT2D eigenvalue weighted by Gasteiger charge is -2.28. The predicted octanol–water partition coefficient (Wildman–Crippen LogP) is 2.70. The van der Waals surface area contributed by atoms with Crippen LogP contribution in [0.1, 0.15) is 22.7 Å². The van der Waals surface area contributed by atoms with Crippen molar-refractivity contribution >= 4 is 5.69 Å². The number of methoxy groups -OCH3 is 1. The number of aromatic hydroxyl groups is 1. The Bertz CT molecular complexity index is 666. The van der Waals surface area contributed by atoms with E-state index in [4.69, 9.17) is 4.74 Å². The summed E-state index contributed by atoms with van der Waals surface area (Å²) in [6.07, 6.45) is 0.916. The van der Waals surface area contributed by atoms with Gasteiger partial charge in [0.2, 0.25) is 0 Å². The topological polar surface area (TPSA) is 44.7 Å². The summed E-state index contributed by atoms with van der Waals surface area (Å²) in [4.78, 5) is 2.09. The van der Waals surface area contributed by atoms with E-state index in [2.05, 4.69) is 34.5 Å². The number of anilines is 1. The molecule has 0 aromatic heterocycles. The molecule has 4 heteroatoms. The van der Waals surface area contributed by atoms with Crippen molar-refractivity contribution in [1.82, 2.24) is 5.32 Å². The first-order valence-electron chi connectivity index (χ1n) is 7.50. The van der Waals surface area contributed by atoms with Crippen LogP contribution in [0.25, 0.3) is 0 Å². The Morgan fingerprint density at radius 3 is 2.55 bits per heavy atom. The molecule has 4 nitrogen and oxygen atoms in total. The number of rotatable bonds is 3. The third-order valence-corrected chi connectivity index (χ3v) is 4.24. The molecule has 0 amide bonds. The van der Waals surface area contributed by atoms with Gasteiger partial charge in [0.1, 0.15) is 0 Å². The molecule has 0 aliphatic carbocycles.